The number of fused-ring (bicyclic) bond motifs is 1. The van der Waals surface area contributed by atoms with E-state index in [9.17, 15) is 4.79 Å². The summed E-state index contributed by atoms with van der Waals surface area (Å²) in [6, 6.07) is 2.26. The van der Waals surface area contributed by atoms with Crippen LogP contribution in [0.5, 0.6) is 0 Å². The van der Waals surface area contributed by atoms with Crippen molar-refractivity contribution in [2.75, 3.05) is 0 Å². The van der Waals surface area contributed by atoms with E-state index in [4.69, 9.17) is 11.5 Å². The summed E-state index contributed by atoms with van der Waals surface area (Å²) in [6.45, 7) is 5.37. The lowest BCUT2D eigenvalue weighted by molar-refractivity contribution is -0.118. The maximum absolute atomic E-state index is 10.8. The molecule has 0 bridgehead atoms. The van der Waals surface area contributed by atoms with Crippen molar-refractivity contribution in [1.29, 1.82) is 0 Å². The molecule has 1 aliphatic rings. The molecule has 0 aliphatic heterocycles. The molecular formula is C14H23N3O. The molecule has 0 aromatic carbocycles. The van der Waals surface area contributed by atoms with Crippen LogP contribution in [0.2, 0.25) is 0 Å². The molecule has 0 spiro atoms. The number of amides is 1. The topological polar surface area (TPSA) is 74.0 Å². The second-order valence-corrected chi connectivity index (χ2v) is 6.13. The third kappa shape index (κ3) is 2.75. The van der Waals surface area contributed by atoms with E-state index in [1.165, 1.54) is 11.3 Å². The molecule has 1 amide bonds. The Kier molecular flexibility index (Phi) is 3.48. The van der Waals surface area contributed by atoms with Crippen LogP contribution in [0.15, 0.2) is 12.3 Å². The predicted octanol–water partition coefficient (Wildman–Crippen LogP) is 1.73. The first-order valence-electron chi connectivity index (χ1n) is 6.61. The number of hydrogen-bond acceptors (Lipinski definition) is 2. The molecule has 0 fully saturated rings. The first kappa shape index (κ1) is 13.1. The number of nitrogens with zero attached hydrogens (tertiary/aromatic N) is 1. The Morgan fingerprint density at radius 2 is 2.28 bits per heavy atom. The third-order valence-electron chi connectivity index (χ3n) is 3.75. The smallest absolute Gasteiger partial charge is 0.217 e. The molecule has 0 saturated carbocycles. The molecule has 1 aromatic heterocycles. The van der Waals surface area contributed by atoms with Crippen LogP contribution >= 0.6 is 0 Å². The minimum Gasteiger partial charge on any atom is -0.370 e. The van der Waals surface area contributed by atoms with Gasteiger partial charge in [0.1, 0.15) is 0 Å². The van der Waals surface area contributed by atoms with Gasteiger partial charge < -0.3 is 16.0 Å². The van der Waals surface area contributed by atoms with E-state index in [1.54, 1.807) is 0 Å². The lowest BCUT2D eigenvalue weighted by Gasteiger charge is -2.34. The van der Waals surface area contributed by atoms with Gasteiger partial charge in [0, 0.05) is 30.9 Å². The van der Waals surface area contributed by atoms with E-state index in [1.807, 2.05) is 0 Å². The van der Waals surface area contributed by atoms with Crippen LogP contribution in [-0.2, 0) is 17.8 Å². The van der Waals surface area contributed by atoms with E-state index in [2.05, 4.69) is 30.7 Å². The minimum atomic E-state index is -0.229. The van der Waals surface area contributed by atoms with E-state index in [0.717, 1.165) is 25.8 Å². The first-order valence-corrected chi connectivity index (χ1v) is 6.61. The number of primary amides is 1. The van der Waals surface area contributed by atoms with E-state index >= 15 is 0 Å². The summed E-state index contributed by atoms with van der Waals surface area (Å²) in [6.07, 6.45) is 5.42. The molecular weight excluding hydrogens is 226 g/mol. The molecule has 4 heteroatoms. The fourth-order valence-electron chi connectivity index (χ4n) is 2.93. The maximum Gasteiger partial charge on any atom is 0.217 e. The highest BCUT2D eigenvalue weighted by Crippen LogP contribution is 2.39. The van der Waals surface area contributed by atoms with Gasteiger partial charge in [0.25, 0.3) is 0 Å². The SMILES string of the molecule is CC1(C)Cc2c(ccn2CCCC(N)=O)C(N)C1. The van der Waals surface area contributed by atoms with Gasteiger partial charge in [-0.2, -0.15) is 0 Å². The number of nitrogens with two attached hydrogens (primary N) is 2. The standard InChI is InChI=1S/C14H23N3O/c1-14(2)8-11(15)10-5-7-17(12(10)9-14)6-3-4-13(16)18/h5,7,11H,3-4,6,8-9,15H2,1-2H3,(H2,16,18). The lowest BCUT2D eigenvalue weighted by Crippen LogP contribution is -2.30. The Labute approximate surface area is 108 Å². The maximum atomic E-state index is 10.8. The lowest BCUT2D eigenvalue weighted by atomic mass is 9.74. The highest BCUT2D eigenvalue weighted by atomic mass is 16.1. The molecule has 4 nitrogen and oxygen atoms in total. The Morgan fingerprint density at radius 1 is 1.56 bits per heavy atom. The van der Waals surface area contributed by atoms with Crippen molar-refractivity contribution in [1.82, 2.24) is 4.57 Å². The fourth-order valence-corrected chi connectivity index (χ4v) is 2.93. The third-order valence-corrected chi connectivity index (χ3v) is 3.75. The number of hydrogen-bond donors (Lipinski definition) is 2. The number of aromatic nitrogens is 1. The quantitative estimate of drug-likeness (QED) is 0.852. The van der Waals surface area contributed by atoms with E-state index in [0.29, 0.717) is 6.42 Å². The number of aryl methyl sites for hydroxylation is 1. The highest BCUT2D eigenvalue weighted by Gasteiger charge is 2.32. The Morgan fingerprint density at radius 3 is 2.94 bits per heavy atom. The average molecular weight is 249 g/mol. The van der Waals surface area contributed by atoms with Crippen molar-refractivity contribution in [2.24, 2.45) is 16.9 Å². The van der Waals surface area contributed by atoms with Gasteiger partial charge in [-0.3, -0.25) is 4.79 Å². The van der Waals surface area contributed by atoms with Crippen LogP contribution in [0, 0.1) is 5.41 Å². The molecule has 100 valence electrons. The number of rotatable bonds is 4. The van der Waals surface area contributed by atoms with E-state index in [-0.39, 0.29) is 17.4 Å². The molecule has 1 aliphatic carbocycles. The van der Waals surface area contributed by atoms with Crippen molar-refractivity contribution in [2.45, 2.75) is 52.1 Å². The van der Waals surface area contributed by atoms with Crippen molar-refractivity contribution in [3.63, 3.8) is 0 Å². The van der Waals surface area contributed by atoms with Crippen LogP contribution in [0.25, 0.3) is 0 Å². The predicted molar refractivity (Wildman–Crippen MR) is 71.9 cm³/mol. The normalized spacial score (nSPS) is 21.6. The van der Waals surface area contributed by atoms with Crippen LogP contribution in [0.1, 0.15) is 50.4 Å². The summed E-state index contributed by atoms with van der Waals surface area (Å²) in [5.41, 5.74) is 14.3. The second-order valence-electron chi connectivity index (χ2n) is 6.13. The zero-order valence-electron chi connectivity index (χ0n) is 11.3. The van der Waals surface area contributed by atoms with Gasteiger partial charge in [0.2, 0.25) is 5.91 Å². The molecule has 18 heavy (non-hydrogen) atoms. The number of carbonyl (C=O) groups excluding carboxylic acids is 1. The zero-order chi connectivity index (χ0) is 13.3. The Bertz CT molecular complexity index is 448. The summed E-state index contributed by atoms with van der Waals surface area (Å²) in [5, 5.41) is 0. The molecule has 1 heterocycles. The molecule has 1 unspecified atom stereocenters. The Balaban J connectivity index is 2.12. The van der Waals surface area contributed by atoms with Gasteiger partial charge in [-0.05, 0) is 36.3 Å². The molecule has 4 N–H and O–H groups in total. The van der Waals surface area contributed by atoms with Gasteiger partial charge in [-0.15, -0.1) is 0 Å². The van der Waals surface area contributed by atoms with Gasteiger partial charge >= 0.3 is 0 Å². The van der Waals surface area contributed by atoms with Gasteiger partial charge in [-0.1, -0.05) is 13.8 Å². The summed E-state index contributed by atoms with van der Waals surface area (Å²) in [7, 11) is 0. The average Bonchev–Trinajstić information content (AvgIpc) is 2.59. The van der Waals surface area contributed by atoms with Crippen molar-refractivity contribution in [3.8, 4) is 0 Å². The van der Waals surface area contributed by atoms with Gasteiger partial charge in [0.05, 0.1) is 0 Å². The summed E-state index contributed by atoms with van der Waals surface area (Å²) in [4.78, 5) is 10.8. The second kappa shape index (κ2) is 4.76. The fraction of sp³-hybridized carbons (Fsp3) is 0.643. The molecule has 1 aromatic rings. The molecule has 0 radical (unpaired) electrons. The molecule has 1 atom stereocenters. The summed E-state index contributed by atoms with van der Waals surface area (Å²) >= 11 is 0. The van der Waals surface area contributed by atoms with Crippen molar-refractivity contribution in [3.05, 3.63) is 23.5 Å². The van der Waals surface area contributed by atoms with Crippen LogP contribution in [-0.4, -0.2) is 10.5 Å². The zero-order valence-corrected chi connectivity index (χ0v) is 11.3. The monoisotopic (exact) mass is 249 g/mol. The Hall–Kier alpha value is -1.29. The van der Waals surface area contributed by atoms with Crippen LogP contribution in [0.3, 0.4) is 0 Å². The van der Waals surface area contributed by atoms with Crippen LogP contribution in [0.4, 0.5) is 0 Å². The highest BCUT2D eigenvalue weighted by molar-refractivity contribution is 5.73. The summed E-state index contributed by atoms with van der Waals surface area (Å²) in [5.74, 6) is -0.229. The number of carbonyl (C=O) groups is 1. The largest absolute Gasteiger partial charge is 0.370 e. The summed E-state index contributed by atoms with van der Waals surface area (Å²) < 4.78 is 2.24. The van der Waals surface area contributed by atoms with Crippen molar-refractivity contribution < 1.29 is 4.79 Å². The molecule has 0 saturated heterocycles. The van der Waals surface area contributed by atoms with Crippen LogP contribution < -0.4 is 11.5 Å². The van der Waals surface area contributed by atoms with Crippen molar-refractivity contribution >= 4 is 5.91 Å². The van der Waals surface area contributed by atoms with Gasteiger partial charge in [0.15, 0.2) is 0 Å². The molecule has 2 rings (SSSR count). The van der Waals surface area contributed by atoms with E-state index < -0.39 is 0 Å². The first-order chi connectivity index (χ1) is 8.39. The van der Waals surface area contributed by atoms with Gasteiger partial charge in [-0.25, -0.2) is 0 Å². The minimum absolute atomic E-state index is 0.140.